The van der Waals surface area contributed by atoms with E-state index in [9.17, 15) is 9.59 Å². The van der Waals surface area contributed by atoms with Gasteiger partial charge in [-0.3, -0.25) is 10.00 Å². The highest BCUT2D eigenvalue weighted by Gasteiger charge is 2.30. The molecule has 8 heteroatoms. The van der Waals surface area contributed by atoms with Crippen LogP contribution in [-0.4, -0.2) is 45.5 Å². The van der Waals surface area contributed by atoms with Gasteiger partial charge in [-0.25, -0.2) is 9.59 Å². The van der Waals surface area contributed by atoms with Crippen LogP contribution in [0.25, 0.3) is 0 Å². The summed E-state index contributed by atoms with van der Waals surface area (Å²) in [6.45, 7) is 6.96. The molecule has 0 spiro atoms. The third-order valence-corrected chi connectivity index (χ3v) is 4.62. The standard InChI is InChI=1S/C21H29N5O3/c1-21(2,3)29-20(28)26-13-11-17-16(14-26)18(25(4)24-17)23-19(27)22-12-10-15-8-6-5-7-9-15/h5-9H,10-14H2,1-4H3,(H2,22,23,27). The first-order valence-electron chi connectivity index (χ1n) is 9.84. The number of benzene rings is 1. The minimum atomic E-state index is -0.550. The second kappa shape index (κ2) is 8.55. The molecule has 3 amide bonds. The average molecular weight is 399 g/mol. The predicted molar refractivity (Wildman–Crippen MR) is 111 cm³/mol. The lowest BCUT2D eigenvalue weighted by Crippen LogP contribution is -2.40. The number of carbonyl (C=O) groups excluding carboxylic acids is 2. The maximum absolute atomic E-state index is 12.4. The third-order valence-electron chi connectivity index (χ3n) is 4.62. The van der Waals surface area contributed by atoms with Crippen LogP contribution in [0, 0.1) is 0 Å². The molecular formula is C21H29N5O3. The molecule has 0 fully saturated rings. The fourth-order valence-electron chi connectivity index (χ4n) is 3.26. The van der Waals surface area contributed by atoms with Crippen LogP contribution in [-0.2, 0) is 31.2 Å². The predicted octanol–water partition coefficient (Wildman–Crippen LogP) is 3.08. The van der Waals surface area contributed by atoms with Crippen molar-refractivity contribution in [2.24, 2.45) is 7.05 Å². The second-order valence-electron chi connectivity index (χ2n) is 8.17. The van der Waals surface area contributed by atoms with Crippen molar-refractivity contribution in [3.63, 3.8) is 0 Å². The van der Waals surface area contributed by atoms with Gasteiger partial charge < -0.3 is 15.0 Å². The first-order valence-corrected chi connectivity index (χ1v) is 9.84. The Morgan fingerprint density at radius 2 is 1.93 bits per heavy atom. The molecule has 0 saturated carbocycles. The first kappa shape index (κ1) is 20.7. The van der Waals surface area contributed by atoms with E-state index in [1.807, 2.05) is 51.1 Å². The van der Waals surface area contributed by atoms with Crippen molar-refractivity contribution in [1.29, 1.82) is 0 Å². The molecular weight excluding hydrogens is 370 g/mol. The van der Waals surface area contributed by atoms with Crippen molar-refractivity contribution in [3.05, 3.63) is 47.2 Å². The van der Waals surface area contributed by atoms with Gasteiger partial charge in [-0.05, 0) is 32.8 Å². The van der Waals surface area contributed by atoms with Crippen molar-refractivity contribution in [1.82, 2.24) is 20.0 Å². The highest BCUT2D eigenvalue weighted by atomic mass is 16.6. The van der Waals surface area contributed by atoms with E-state index in [0.717, 1.165) is 17.7 Å². The van der Waals surface area contributed by atoms with Crippen molar-refractivity contribution >= 4 is 17.9 Å². The van der Waals surface area contributed by atoms with Gasteiger partial charge in [-0.1, -0.05) is 30.3 Å². The average Bonchev–Trinajstić information content (AvgIpc) is 2.96. The number of aryl methyl sites for hydroxylation is 1. The number of nitrogens with zero attached hydrogens (tertiary/aromatic N) is 3. The molecule has 0 radical (unpaired) electrons. The molecule has 2 aromatic rings. The van der Waals surface area contributed by atoms with E-state index in [1.165, 1.54) is 5.56 Å². The van der Waals surface area contributed by atoms with Crippen LogP contribution in [0.4, 0.5) is 15.4 Å². The molecule has 0 bridgehead atoms. The van der Waals surface area contributed by atoms with Crippen LogP contribution < -0.4 is 10.6 Å². The summed E-state index contributed by atoms with van der Waals surface area (Å²) in [5, 5.41) is 10.3. The number of fused-ring (bicyclic) bond motifs is 1. The molecule has 1 aromatic carbocycles. The van der Waals surface area contributed by atoms with Gasteiger partial charge in [0.15, 0.2) is 0 Å². The molecule has 0 saturated heterocycles. The molecule has 29 heavy (non-hydrogen) atoms. The van der Waals surface area contributed by atoms with E-state index in [4.69, 9.17) is 4.74 Å². The summed E-state index contributed by atoms with van der Waals surface area (Å²) in [6.07, 6.45) is 1.02. The van der Waals surface area contributed by atoms with Gasteiger partial charge in [0.05, 0.1) is 12.2 Å². The minimum Gasteiger partial charge on any atom is -0.444 e. The van der Waals surface area contributed by atoms with Gasteiger partial charge in [0.25, 0.3) is 0 Å². The van der Waals surface area contributed by atoms with E-state index in [0.29, 0.717) is 31.9 Å². The zero-order chi connectivity index (χ0) is 21.0. The van der Waals surface area contributed by atoms with Crippen LogP contribution >= 0.6 is 0 Å². The van der Waals surface area contributed by atoms with Gasteiger partial charge in [-0.2, -0.15) is 5.10 Å². The Hall–Kier alpha value is -3.03. The van der Waals surface area contributed by atoms with Crippen LogP contribution in [0.5, 0.6) is 0 Å². The van der Waals surface area contributed by atoms with Crippen molar-refractivity contribution < 1.29 is 14.3 Å². The summed E-state index contributed by atoms with van der Waals surface area (Å²) in [4.78, 5) is 26.4. The summed E-state index contributed by atoms with van der Waals surface area (Å²) in [7, 11) is 1.79. The van der Waals surface area contributed by atoms with Gasteiger partial charge in [0, 0.05) is 32.1 Å². The Kier molecular flexibility index (Phi) is 6.10. The number of carbonyl (C=O) groups is 2. The topological polar surface area (TPSA) is 88.5 Å². The number of anilines is 1. The lowest BCUT2D eigenvalue weighted by atomic mass is 10.1. The number of rotatable bonds is 4. The lowest BCUT2D eigenvalue weighted by Gasteiger charge is -2.29. The summed E-state index contributed by atoms with van der Waals surface area (Å²) in [5.41, 5.74) is 2.36. The highest BCUT2D eigenvalue weighted by molar-refractivity contribution is 5.89. The normalized spacial score (nSPS) is 13.6. The fraction of sp³-hybridized carbons (Fsp3) is 0.476. The van der Waals surface area contributed by atoms with Gasteiger partial charge >= 0.3 is 12.1 Å². The first-order chi connectivity index (χ1) is 13.7. The van der Waals surface area contributed by atoms with Crippen LogP contribution in [0.3, 0.4) is 0 Å². The van der Waals surface area contributed by atoms with Crippen molar-refractivity contribution in [2.45, 2.75) is 45.8 Å². The third kappa shape index (κ3) is 5.49. The molecule has 0 aliphatic carbocycles. The van der Waals surface area contributed by atoms with Crippen LogP contribution in [0.1, 0.15) is 37.6 Å². The SMILES string of the molecule is Cn1nc2c(c1NC(=O)NCCc1ccccc1)CN(C(=O)OC(C)(C)C)CC2. The largest absolute Gasteiger partial charge is 0.444 e. The van der Waals surface area contributed by atoms with E-state index in [-0.39, 0.29) is 12.1 Å². The number of urea groups is 1. The molecule has 3 rings (SSSR count). The Morgan fingerprint density at radius 1 is 1.21 bits per heavy atom. The summed E-state index contributed by atoms with van der Waals surface area (Å²) < 4.78 is 7.13. The highest BCUT2D eigenvalue weighted by Crippen LogP contribution is 2.26. The number of ether oxygens (including phenoxy) is 1. The molecule has 1 aromatic heterocycles. The monoisotopic (exact) mass is 399 g/mol. The fourth-order valence-corrected chi connectivity index (χ4v) is 3.26. The van der Waals surface area contributed by atoms with Crippen LogP contribution in [0.15, 0.2) is 30.3 Å². The summed E-state index contributed by atoms with van der Waals surface area (Å²) >= 11 is 0. The molecule has 1 aliphatic rings. The summed E-state index contributed by atoms with van der Waals surface area (Å²) in [6, 6.07) is 9.70. The molecule has 2 heterocycles. The van der Waals surface area contributed by atoms with E-state index < -0.39 is 5.60 Å². The lowest BCUT2D eigenvalue weighted by molar-refractivity contribution is 0.0224. The number of hydrogen-bond donors (Lipinski definition) is 2. The second-order valence-corrected chi connectivity index (χ2v) is 8.17. The quantitative estimate of drug-likeness (QED) is 0.827. The van der Waals surface area contributed by atoms with E-state index in [2.05, 4.69) is 15.7 Å². The van der Waals surface area contributed by atoms with Gasteiger partial charge in [0.2, 0.25) is 0 Å². The molecule has 1 aliphatic heterocycles. The molecule has 2 N–H and O–H groups in total. The molecule has 0 atom stereocenters. The maximum atomic E-state index is 12.4. The van der Waals surface area contributed by atoms with Crippen molar-refractivity contribution in [3.8, 4) is 0 Å². The zero-order valence-corrected chi connectivity index (χ0v) is 17.5. The number of amides is 3. The summed E-state index contributed by atoms with van der Waals surface area (Å²) in [5.74, 6) is 0.602. The molecule has 8 nitrogen and oxygen atoms in total. The Balaban J connectivity index is 1.60. The van der Waals surface area contributed by atoms with Gasteiger partial charge in [0.1, 0.15) is 11.4 Å². The van der Waals surface area contributed by atoms with Crippen molar-refractivity contribution in [2.75, 3.05) is 18.4 Å². The molecule has 0 unspecified atom stereocenters. The van der Waals surface area contributed by atoms with Gasteiger partial charge in [-0.15, -0.1) is 0 Å². The Labute approximate surface area is 171 Å². The molecule has 156 valence electrons. The minimum absolute atomic E-state index is 0.291. The number of aromatic nitrogens is 2. The van der Waals surface area contributed by atoms with E-state index >= 15 is 0 Å². The van der Waals surface area contributed by atoms with Crippen LogP contribution in [0.2, 0.25) is 0 Å². The Morgan fingerprint density at radius 3 is 2.62 bits per heavy atom. The zero-order valence-electron chi connectivity index (χ0n) is 17.5. The number of hydrogen-bond acceptors (Lipinski definition) is 4. The maximum Gasteiger partial charge on any atom is 0.410 e. The van der Waals surface area contributed by atoms with E-state index in [1.54, 1.807) is 16.6 Å². The Bertz CT molecular complexity index is 870. The number of nitrogens with one attached hydrogen (secondary N) is 2. The smallest absolute Gasteiger partial charge is 0.410 e.